The maximum atomic E-state index is 13.3. The van der Waals surface area contributed by atoms with Gasteiger partial charge in [-0.2, -0.15) is 0 Å². The zero-order valence-corrected chi connectivity index (χ0v) is 14.2. The van der Waals surface area contributed by atoms with E-state index in [4.69, 9.17) is 4.74 Å². The molecule has 4 heteroatoms. The number of rotatable bonds is 5. The Kier molecular flexibility index (Phi) is 4.98. The highest BCUT2D eigenvalue weighted by molar-refractivity contribution is 6.00. The summed E-state index contributed by atoms with van der Waals surface area (Å²) in [6, 6.07) is 17.0. The first-order chi connectivity index (χ1) is 12.1. The van der Waals surface area contributed by atoms with Crippen molar-refractivity contribution in [3.63, 3.8) is 0 Å². The lowest BCUT2D eigenvalue weighted by Crippen LogP contribution is -2.41. The number of fused-ring (bicyclic) bond motifs is 1. The highest BCUT2D eigenvalue weighted by Gasteiger charge is 2.38. The highest BCUT2D eigenvalue weighted by atomic mass is 16.5. The minimum Gasteiger partial charge on any atom is -0.447 e. The van der Waals surface area contributed by atoms with Crippen molar-refractivity contribution in [1.82, 2.24) is 0 Å². The van der Waals surface area contributed by atoms with Crippen LogP contribution in [0.4, 0.5) is 5.69 Å². The summed E-state index contributed by atoms with van der Waals surface area (Å²) in [6.45, 7) is 5.13. The lowest BCUT2D eigenvalue weighted by Gasteiger charge is -2.29. The number of hydrogen-bond donors (Lipinski definition) is 0. The van der Waals surface area contributed by atoms with Crippen LogP contribution < -0.4 is 4.90 Å². The fraction of sp³-hybridized carbons (Fsp3) is 0.238. The molecule has 2 aromatic carbocycles. The summed E-state index contributed by atoms with van der Waals surface area (Å²) in [4.78, 5) is 26.7. The summed E-state index contributed by atoms with van der Waals surface area (Å²) in [5.74, 6) is -0.701. The van der Waals surface area contributed by atoms with Gasteiger partial charge in [-0.25, -0.2) is 0 Å². The molecule has 1 amide bonds. The van der Waals surface area contributed by atoms with Gasteiger partial charge in [-0.1, -0.05) is 54.6 Å². The van der Waals surface area contributed by atoms with Gasteiger partial charge in [-0.15, -0.1) is 6.58 Å². The van der Waals surface area contributed by atoms with Crippen LogP contribution in [0.2, 0.25) is 0 Å². The van der Waals surface area contributed by atoms with Crippen LogP contribution >= 0.6 is 0 Å². The van der Waals surface area contributed by atoms with E-state index in [1.54, 1.807) is 17.0 Å². The number of esters is 1. The van der Waals surface area contributed by atoms with Crippen LogP contribution in [0, 0.1) is 0 Å². The van der Waals surface area contributed by atoms with Gasteiger partial charge in [0.05, 0.1) is 0 Å². The Balaban J connectivity index is 1.99. The molecule has 0 radical (unpaired) electrons. The van der Waals surface area contributed by atoms with Crippen LogP contribution in [0.1, 0.15) is 30.6 Å². The number of ether oxygens (including phenoxy) is 1. The number of carbonyl (C=O) groups excluding carboxylic acids is 2. The number of benzene rings is 2. The van der Waals surface area contributed by atoms with E-state index in [0.29, 0.717) is 12.0 Å². The summed E-state index contributed by atoms with van der Waals surface area (Å²) in [7, 11) is 0. The Hall–Kier alpha value is -2.88. The topological polar surface area (TPSA) is 46.6 Å². The Morgan fingerprint density at radius 2 is 1.88 bits per heavy atom. The number of para-hydroxylation sites is 1. The molecule has 0 fully saturated rings. The smallest absolute Gasteiger partial charge is 0.303 e. The van der Waals surface area contributed by atoms with Gasteiger partial charge in [0.2, 0.25) is 6.10 Å². The van der Waals surface area contributed by atoms with Crippen molar-refractivity contribution >= 4 is 17.6 Å². The van der Waals surface area contributed by atoms with Gasteiger partial charge in [0.15, 0.2) is 0 Å². The number of carbonyl (C=O) groups is 2. The lowest BCUT2D eigenvalue weighted by molar-refractivity contribution is -0.153. The number of nitrogens with zero attached hydrogens (tertiary/aromatic N) is 1. The van der Waals surface area contributed by atoms with Crippen molar-refractivity contribution in [2.75, 3.05) is 4.90 Å². The average molecular weight is 335 g/mol. The molecule has 1 heterocycles. The average Bonchev–Trinajstić information content (AvgIpc) is 2.98. The monoisotopic (exact) mass is 335 g/mol. The molecule has 0 N–H and O–H groups in total. The molecule has 0 aromatic heterocycles. The summed E-state index contributed by atoms with van der Waals surface area (Å²) in [5.41, 5.74) is 2.68. The molecular weight excluding hydrogens is 314 g/mol. The second-order valence-electron chi connectivity index (χ2n) is 6.12. The van der Waals surface area contributed by atoms with Crippen LogP contribution in [0.25, 0.3) is 0 Å². The normalized spacial score (nSPS) is 16.8. The van der Waals surface area contributed by atoms with Gasteiger partial charge >= 0.3 is 5.97 Å². The van der Waals surface area contributed by atoms with Gasteiger partial charge in [-0.3, -0.25) is 9.59 Å². The Labute approximate surface area is 147 Å². The van der Waals surface area contributed by atoms with Crippen LogP contribution in [0.15, 0.2) is 67.3 Å². The predicted molar refractivity (Wildman–Crippen MR) is 97.2 cm³/mol. The molecule has 1 aliphatic rings. The molecule has 0 aliphatic carbocycles. The second-order valence-corrected chi connectivity index (χ2v) is 6.12. The SMILES string of the molecule is C=CC[C@H]1Cc2ccccc2N1C(=O)[C@H](OC(C)=O)c1ccccc1. The summed E-state index contributed by atoms with van der Waals surface area (Å²) >= 11 is 0. The fourth-order valence-corrected chi connectivity index (χ4v) is 3.32. The van der Waals surface area contributed by atoms with E-state index in [1.807, 2.05) is 48.5 Å². The summed E-state index contributed by atoms with van der Waals surface area (Å²) < 4.78 is 5.40. The third-order valence-electron chi connectivity index (χ3n) is 4.36. The van der Waals surface area contributed by atoms with E-state index in [2.05, 4.69) is 6.58 Å². The summed E-state index contributed by atoms with van der Waals surface area (Å²) in [6.07, 6.45) is 2.33. The molecule has 1 aliphatic heterocycles. The minimum absolute atomic E-state index is 0.0100. The first-order valence-corrected chi connectivity index (χ1v) is 8.36. The van der Waals surface area contributed by atoms with E-state index in [0.717, 1.165) is 17.7 Å². The number of hydrogen-bond acceptors (Lipinski definition) is 3. The molecular formula is C21H21NO3. The number of amides is 1. The van der Waals surface area contributed by atoms with E-state index in [9.17, 15) is 9.59 Å². The third-order valence-corrected chi connectivity index (χ3v) is 4.36. The Bertz CT molecular complexity index is 785. The van der Waals surface area contributed by atoms with Gasteiger partial charge in [0, 0.05) is 24.2 Å². The lowest BCUT2D eigenvalue weighted by atomic mass is 10.1. The molecule has 0 bridgehead atoms. The van der Waals surface area contributed by atoms with Crippen molar-refractivity contribution in [1.29, 1.82) is 0 Å². The first-order valence-electron chi connectivity index (χ1n) is 8.36. The molecule has 25 heavy (non-hydrogen) atoms. The predicted octanol–water partition coefficient (Wildman–Crippen LogP) is 3.82. The van der Waals surface area contributed by atoms with Crippen molar-refractivity contribution in [2.45, 2.75) is 31.9 Å². The van der Waals surface area contributed by atoms with Crippen LogP contribution in [0.3, 0.4) is 0 Å². The summed E-state index contributed by atoms with van der Waals surface area (Å²) in [5, 5.41) is 0. The zero-order chi connectivity index (χ0) is 17.8. The highest BCUT2D eigenvalue weighted by Crippen LogP contribution is 2.36. The van der Waals surface area contributed by atoms with Gasteiger partial charge in [-0.05, 0) is 24.5 Å². The third kappa shape index (κ3) is 3.48. The number of anilines is 1. The van der Waals surface area contributed by atoms with Crippen molar-refractivity contribution in [3.05, 3.63) is 78.4 Å². The van der Waals surface area contributed by atoms with Crippen LogP contribution in [-0.2, 0) is 20.7 Å². The minimum atomic E-state index is -0.947. The van der Waals surface area contributed by atoms with Crippen LogP contribution in [-0.4, -0.2) is 17.9 Å². The molecule has 0 spiro atoms. The van der Waals surface area contributed by atoms with E-state index in [-0.39, 0.29) is 11.9 Å². The van der Waals surface area contributed by atoms with E-state index >= 15 is 0 Å². The molecule has 128 valence electrons. The molecule has 0 saturated heterocycles. The van der Waals surface area contributed by atoms with Gasteiger partial charge in [0.25, 0.3) is 5.91 Å². The largest absolute Gasteiger partial charge is 0.447 e. The molecule has 0 unspecified atom stereocenters. The second kappa shape index (κ2) is 7.34. The molecule has 4 nitrogen and oxygen atoms in total. The van der Waals surface area contributed by atoms with Crippen molar-refractivity contribution < 1.29 is 14.3 Å². The first kappa shape index (κ1) is 17.0. The fourth-order valence-electron chi connectivity index (χ4n) is 3.32. The molecule has 2 atom stereocenters. The van der Waals surface area contributed by atoms with Gasteiger partial charge in [0.1, 0.15) is 0 Å². The molecule has 2 aromatic rings. The van der Waals surface area contributed by atoms with Crippen molar-refractivity contribution in [3.8, 4) is 0 Å². The Morgan fingerprint density at radius 1 is 1.20 bits per heavy atom. The maximum absolute atomic E-state index is 13.3. The van der Waals surface area contributed by atoms with E-state index in [1.165, 1.54) is 6.92 Å². The van der Waals surface area contributed by atoms with E-state index < -0.39 is 12.1 Å². The quantitative estimate of drug-likeness (QED) is 0.616. The molecule has 3 rings (SSSR count). The van der Waals surface area contributed by atoms with Crippen molar-refractivity contribution in [2.24, 2.45) is 0 Å². The van der Waals surface area contributed by atoms with Crippen LogP contribution in [0.5, 0.6) is 0 Å². The maximum Gasteiger partial charge on any atom is 0.303 e. The van der Waals surface area contributed by atoms with Gasteiger partial charge < -0.3 is 9.64 Å². The Morgan fingerprint density at radius 3 is 2.56 bits per heavy atom. The zero-order valence-electron chi connectivity index (χ0n) is 14.2. The standard InChI is InChI=1S/C21H21NO3/c1-3-9-18-14-17-12-7-8-13-19(17)22(18)21(24)20(25-15(2)23)16-10-5-4-6-11-16/h3-8,10-13,18,20H,1,9,14H2,2H3/t18-,20+/m0/s1. The molecule has 0 saturated carbocycles.